The fourth-order valence-corrected chi connectivity index (χ4v) is 1.70. The van der Waals surface area contributed by atoms with Crippen LogP contribution in [0.1, 0.15) is 24.2 Å². The van der Waals surface area contributed by atoms with Crippen LogP contribution < -0.4 is 10.1 Å². The number of methoxy groups -OCH3 is 1. The van der Waals surface area contributed by atoms with Crippen LogP contribution in [0.2, 0.25) is 0 Å². The smallest absolute Gasteiger partial charge is 0.256 e. The second kappa shape index (κ2) is 5.97. The van der Waals surface area contributed by atoms with Crippen molar-refractivity contribution in [3.8, 4) is 5.75 Å². The van der Waals surface area contributed by atoms with Gasteiger partial charge in [-0.25, -0.2) is 0 Å². The van der Waals surface area contributed by atoms with Gasteiger partial charge in [-0.05, 0) is 18.2 Å². The van der Waals surface area contributed by atoms with E-state index in [0.717, 1.165) is 0 Å². The summed E-state index contributed by atoms with van der Waals surface area (Å²) in [6.45, 7) is 3.60. The van der Waals surface area contributed by atoms with Gasteiger partial charge in [-0.2, -0.15) is 5.10 Å². The topological polar surface area (TPSA) is 65.4 Å². The highest BCUT2D eigenvalue weighted by atomic mass is 16.7. The third-order valence-corrected chi connectivity index (χ3v) is 2.91. The predicted octanol–water partition coefficient (Wildman–Crippen LogP) is 2.43. The second-order valence-corrected chi connectivity index (χ2v) is 5.06. The van der Waals surface area contributed by atoms with E-state index in [2.05, 4.69) is 10.4 Å². The van der Waals surface area contributed by atoms with Gasteiger partial charge in [-0.15, -0.1) is 0 Å². The number of amides is 1. The highest BCUT2D eigenvalue weighted by Crippen LogP contribution is 2.20. The fraction of sp³-hybridized carbons (Fsp3) is 0.333. The Morgan fingerprint density at radius 3 is 2.71 bits per heavy atom. The number of nitrogens with zero attached hydrogens (tertiary/aromatic N) is 2. The van der Waals surface area contributed by atoms with E-state index in [1.165, 1.54) is 0 Å². The van der Waals surface area contributed by atoms with Crippen LogP contribution in [0.3, 0.4) is 0 Å². The average molecular weight is 289 g/mol. The SMILES string of the molecule is COC(C)(C)Oc1cccc(C(=O)Nc2ccn(C)n2)c1. The first-order valence-electron chi connectivity index (χ1n) is 6.55. The van der Waals surface area contributed by atoms with Crippen molar-refractivity contribution in [1.82, 2.24) is 9.78 Å². The van der Waals surface area contributed by atoms with E-state index >= 15 is 0 Å². The molecule has 0 aliphatic carbocycles. The molecule has 0 unspecified atom stereocenters. The zero-order valence-electron chi connectivity index (χ0n) is 12.6. The molecule has 2 aromatic rings. The molecule has 1 N–H and O–H groups in total. The largest absolute Gasteiger partial charge is 0.463 e. The van der Waals surface area contributed by atoms with Crippen molar-refractivity contribution >= 4 is 11.7 Å². The molecule has 112 valence electrons. The van der Waals surface area contributed by atoms with Crippen LogP contribution in [-0.4, -0.2) is 28.6 Å². The maximum Gasteiger partial charge on any atom is 0.256 e. The molecule has 0 bridgehead atoms. The number of nitrogens with one attached hydrogen (secondary N) is 1. The molecule has 1 heterocycles. The quantitative estimate of drug-likeness (QED) is 0.859. The van der Waals surface area contributed by atoms with Gasteiger partial charge in [-0.3, -0.25) is 9.48 Å². The molecule has 6 heteroatoms. The van der Waals surface area contributed by atoms with E-state index in [4.69, 9.17) is 9.47 Å². The average Bonchev–Trinajstić information content (AvgIpc) is 2.84. The minimum atomic E-state index is -0.754. The Bertz CT molecular complexity index is 635. The highest BCUT2D eigenvalue weighted by molar-refractivity contribution is 6.03. The Hall–Kier alpha value is -2.34. The van der Waals surface area contributed by atoms with Crippen molar-refractivity contribution in [1.29, 1.82) is 0 Å². The van der Waals surface area contributed by atoms with Crippen molar-refractivity contribution in [3.05, 3.63) is 42.1 Å². The molecule has 0 aliphatic heterocycles. The van der Waals surface area contributed by atoms with Crippen molar-refractivity contribution in [2.45, 2.75) is 19.6 Å². The maximum absolute atomic E-state index is 12.2. The van der Waals surface area contributed by atoms with E-state index in [0.29, 0.717) is 17.1 Å². The van der Waals surface area contributed by atoms with Crippen LogP contribution in [0, 0.1) is 0 Å². The van der Waals surface area contributed by atoms with E-state index in [1.807, 2.05) is 0 Å². The number of carbonyl (C=O) groups excluding carboxylic acids is 1. The van der Waals surface area contributed by atoms with Crippen molar-refractivity contribution < 1.29 is 14.3 Å². The zero-order chi connectivity index (χ0) is 15.5. The first kappa shape index (κ1) is 15.1. The Kier molecular flexibility index (Phi) is 4.28. The molecule has 0 aliphatic rings. The Labute approximate surface area is 123 Å². The molecule has 0 fully saturated rings. The van der Waals surface area contributed by atoms with Gasteiger partial charge in [0.25, 0.3) is 5.91 Å². The van der Waals surface area contributed by atoms with Gasteiger partial charge in [0.15, 0.2) is 5.82 Å². The number of hydrogen-bond donors (Lipinski definition) is 1. The first-order valence-corrected chi connectivity index (χ1v) is 6.55. The summed E-state index contributed by atoms with van der Waals surface area (Å²) in [5, 5.41) is 6.83. The summed E-state index contributed by atoms with van der Waals surface area (Å²) in [5.74, 6) is 0.0757. The van der Waals surface area contributed by atoms with Gasteiger partial charge in [0.1, 0.15) is 5.75 Å². The van der Waals surface area contributed by atoms with Crippen LogP contribution in [0.15, 0.2) is 36.5 Å². The molecular formula is C15H19N3O3. The molecule has 21 heavy (non-hydrogen) atoms. The number of benzene rings is 1. The summed E-state index contributed by atoms with van der Waals surface area (Å²) in [6.07, 6.45) is 1.76. The molecule has 2 rings (SSSR count). The third-order valence-electron chi connectivity index (χ3n) is 2.91. The number of carbonyl (C=O) groups is 1. The summed E-state index contributed by atoms with van der Waals surface area (Å²) < 4.78 is 12.5. The van der Waals surface area contributed by atoms with Crippen molar-refractivity contribution in [2.24, 2.45) is 7.05 Å². The lowest BCUT2D eigenvalue weighted by Gasteiger charge is -2.24. The third kappa shape index (κ3) is 4.06. The van der Waals surface area contributed by atoms with Gasteiger partial charge in [0, 0.05) is 45.8 Å². The Balaban J connectivity index is 2.11. The van der Waals surface area contributed by atoms with Gasteiger partial charge in [0.2, 0.25) is 5.79 Å². The van der Waals surface area contributed by atoms with Gasteiger partial charge in [0.05, 0.1) is 0 Å². The van der Waals surface area contributed by atoms with E-state index in [1.54, 1.807) is 69.2 Å². The van der Waals surface area contributed by atoms with E-state index < -0.39 is 5.79 Å². The first-order chi connectivity index (χ1) is 9.89. The maximum atomic E-state index is 12.2. The summed E-state index contributed by atoms with van der Waals surface area (Å²) in [7, 11) is 3.36. The summed E-state index contributed by atoms with van der Waals surface area (Å²) >= 11 is 0. The second-order valence-electron chi connectivity index (χ2n) is 5.06. The summed E-state index contributed by atoms with van der Waals surface area (Å²) in [6, 6.07) is 8.64. The predicted molar refractivity (Wildman–Crippen MR) is 79.3 cm³/mol. The van der Waals surface area contributed by atoms with Crippen molar-refractivity contribution in [3.63, 3.8) is 0 Å². The monoisotopic (exact) mass is 289 g/mol. The molecule has 0 atom stereocenters. The molecule has 1 aromatic heterocycles. The van der Waals surface area contributed by atoms with Gasteiger partial charge >= 0.3 is 0 Å². The number of aryl methyl sites for hydroxylation is 1. The van der Waals surface area contributed by atoms with Crippen LogP contribution in [-0.2, 0) is 11.8 Å². The summed E-state index contributed by atoms with van der Waals surface area (Å²) in [5.41, 5.74) is 0.491. The lowest BCUT2D eigenvalue weighted by Crippen LogP contribution is -2.30. The fourth-order valence-electron chi connectivity index (χ4n) is 1.70. The molecule has 0 spiro atoms. The molecule has 0 radical (unpaired) electrons. The minimum Gasteiger partial charge on any atom is -0.463 e. The lowest BCUT2D eigenvalue weighted by atomic mass is 10.2. The summed E-state index contributed by atoms with van der Waals surface area (Å²) in [4.78, 5) is 12.2. The van der Waals surface area contributed by atoms with Crippen LogP contribution in [0.25, 0.3) is 0 Å². The van der Waals surface area contributed by atoms with Crippen LogP contribution >= 0.6 is 0 Å². The highest BCUT2D eigenvalue weighted by Gasteiger charge is 2.18. The molecule has 6 nitrogen and oxygen atoms in total. The lowest BCUT2D eigenvalue weighted by molar-refractivity contribution is -0.134. The molecular weight excluding hydrogens is 270 g/mol. The number of hydrogen-bond acceptors (Lipinski definition) is 4. The minimum absolute atomic E-state index is 0.241. The van der Waals surface area contributed by atoms with E-state index in [-0.39, 0.29) is 5.91 Å². The van der Waals surface area contributed by atoms with Gasteiger partial charge < -0.3 is 14.8 Å². The van der Waals surface area contributed by atoms with E-state index in [9.17, 15) is 4.79 Å². The molecule has 0 saturated carbocycles. The Morgan fingerprint density at radius 1 is 1.33 bits per heavy atom. The number of rotatable bonds is 5. The van der Waals surface area contributed by atoms with Crippen LogP contribution in [0.5, 0.6) is 5.75 Å². The number of anilines is 1. The molecule has 1 aromatic carbocycles. The van der Waals surface area contributed by atoms with Crippen molar-refractivity contribution in [2.75, 3.05) is 12.4 Å². The standard InChI is InChI=1S/C15H19N3O3/c1-15(2,20-4)21-12-7-5-6-11(10-12)14(19)16-13-8-9-18(3)17-13/h5-10H,1-4H3,(H,16,17,19). The molecule has 0 saturated heterocycles. The van der Waals surface area contributed by atoms with Crippen LogP contribution in [0.4, 0.5) is 5.82 Å². The molecule has 1 amide bonds. The normalized spacial score (nSPS) is 11.2. The number of aromatic nitrogens is 2. The zero-order valence-corrected chi connectivity index (χ0v) is 12.6. The number of ether oxygens (including phenoxy) is 2. The van der Waals surface area contributed by atoms with Gasteiger partial charge in [-0.1, -0.05) is 6.07 Å². The Morgan fingerprint density at radius 2 is 2.10 bits per heavy atom.